The normalized spacial score (nSPS) is 10.8. The van der Waals surface area contributed by atoms with Crippen molar-refractivity contribution >= 4 is 11.4 Å². The van der Waals surface area contributed by atoms with E-state index in [1.165, 1.54) is 0 Å². The maximum atomic E-state index is 5.84. The minimum atomic E-state index is 0.288. The largest absolute Gasteiger partial charge is 0.497 e. The van der Waals surface area contributed by atoms with Crippen molar-refractivity contribution in [1.82, 2.24) is 9.97 Å². The maximum absolute atomic E-state index is 5.84. The van der Waals surface area contributed by atoms with Crippen LogP contribution in [0, 0.1) is 0 Å². The third kappa shape index (κ3) is 3.31. The summed E-state index contributed by atoms with van der Waals surface area (Å²) in [7, 11) is 3.64. The standard InChI is InChI=1S/C16H22N4O/c1-11(2)16-18-10-15(14(9-17)19-16)20(3)12-5-7-13(21-4)8-6-12/h5-8,10-11H,9,17H2,1-4H3. The molecule has 0 bridgehead atoms. The fourth-order valence-corrected chi connectivity index (χ4v) is 2.08. The first-order chi connectivity index (χ1) is 10.1. The van der Waals surface area contributed by atoms with Gasteiger partial charge in [-0.05, 0) is 24.3 Å². The van der Waals surface area contributed by atoms with Gasteiger partial charge in [0.2, 0.25) is 0 Å². The highest BCUT2D eigenvalue weighted by Gasteiger charge is 2.13. The van der Waals surface area contributed by atoms with Crippen LogP contribution >= 0.6 is 0 Å². The van der Waals surface area contributed by atoms with Crippen molar-refractivity contribution in [1.29, 1.82) is 0 Å². The number of ether oxygens (including phenoxy) is 1. The number of nitrogens with two attached hydrogens (primary N) is 1. The van der Waals surface area contributed by atoms with Crippen LogP contribution in [0.2, 0.25) is 0 Å². The first kappa shape index (κ1) is 15.3. The zero-order valence-electron chi connectivity index (χ0n) is 13.0. The van der Waals surface area contributed by atoms with E-state index in [-0.39, 0.29) is 5.92 Å². The summed E-state index contributed by atoms with van der Waals surface area (Å²) >= 11 is 0. The monoisotopic (exact) mass is 286 g/mol. The molecular weight excluding hydrogens is 264 g/mol. The molecule has 21 heavy (non-hydrogen) atoms. The number of methoxy groups -OCH3 is 1. The molecule has 0 spiro atoms. The van der Waals surface area contributed by atoms with Crippen LogP contribution in [-0.2, 0) is 6.54 Å². The van der Waals surface area contributed by atoms with E-state index in [4.69, 9.17) is 10.5 Å². The molecule has 1 aromatic heterocycles. The molecule has 1 aromatic carbocycles. The molecule has 0 aliphatic carbocycles. The minimum absolute atomic E-state index is 0.288. The lowest BCUT2D eigenvalue weighted by Gasteiger charge is -2.22. The van der Waals surface area contributed by atoms with Crippen molar-refractivity contribution < 1.29 is 4.74 Å². The van der Waals surface area contributed by atoms with Crippen LogP contribution in [0.4, 0.5) is 11.4 Å². The molecule has 1 heterocycles. The highest BCUT2D eigenvalue weighted by Crippen LogP contribution is 2.27. The Hall–Kier alpha value is -2.14. The third-order valence-corrected chi connectivity index (χ3v) is 3.40. The van der Waals surface area contributed by atoms with Crippen molar-refractivity contribution in [2.45, 2.75) is 26.3 Å². The van der Waals surface area contributed by atoms with Crippen LogP contribution < -0.4 is 15.4 Å². The van der Waals surface area contributed by atoms with Crippen LogP contribution in [0.3, 0.4) is 0 Å². The second-order valence-electron chi connectivity index (χ2n) is 5.18. The summed E-state index contributed by atoms with van der Waals surface area (Å²) in [5.41, 5.74) is 8.65. The second kappa shape index (κ2) is 6.54. The van der Waals surface area contributed by atoms with E-state index < -0.39 is 0 Å². The number of aromatic nitrogens is 2. The highest BCUT2D eigenvalue weighted by molar-refractivity contribution is 5.64. The van der Waals surface area contributed by atoms with Gasteiger partial charge in [0.05, 0.1) is 24.7 Å². The van der Waals surface area contributed by atoms with Crippen molar-refractivity contribution in [3.05, 3.63) is 42.0 Å². The van der Waals surface area contributed by atoms with E-state index in [1.807, 2.05) is 42.4 Å². The molecule has 0 aliphatic heterocycles. The number of rotatable bonds is 5. The van der Waals surface area contributed by atoms with Crippen LogP contribution in [0.25, 0.3) is 0 Å². The fraction of sp³-hybridized carbons (Fsp3) is 0.375. The molecule has 0 amide bonds. The average Bonchev–Trinajstić information content (AvgIpc) is 2.53. The van der Waals surface area contributed by atoms with E-state index >= 15 is 0 Å². The van der Waals surface area contributed by atoms with Gasteiger partial charge in [-0.3, -0.25) is 0 Å². The zero-order valence-corrected chi connectivity index (χ0v) is 13.0. The maximum Gasteiger partial charge on any atom is 0.131 e. The van der Waals surface area contributed by atoms with E-state index in [1.54, 1.807) is 7.11 Å². The van der Waals surface area contributed by atoms with E-state index in [2.05, 4.69) is 23.8 Å². The summed E-state index contributed by atoms with van der Waals surface area (Å²) in [4.78, 5) is 11.0. The number of benzene rings is 1. The Kier molecular flexibility index (Phi) is 4.75. The average molecular weight is 286 g/mol. The fourth-order valence-electron chi connectivity index (χ4n) is 2.08. The highest BCUT2D eigenvalue weighted by atomic mass is 16.5. The van der Waals surface area contributed by atoms with Crippen molar-refractivity contribution in [2.75, 3.05) is 19.1 Å². The molecule has 112 valence electrons. The molecular formula is C16H22N4O. The lowest BCUT2D eigenvalue weighted by molar-refractivity contribution is 0.415. The molecule has 0 saturated heterocycles. The third-order valence-electron chi connectivity index (χ3n) is 3.40. The van der Waals surface area contributed by atoms with Gasteiger partial charge < -0.3 is 15.4 Å². The zero-order chi connectivity index (χ0) is 15.4. The molecule has 5 nitrogen and oxygen atoms in total. The quantitative estimate of drug-likeness (QED) is 0.915. The first-order valence-corrected chi connectivity index (χ1v) is 7.00. The van der Waals surface area contributed by atoms with E-state index in [0.717, 1.165) is 28.6 Å². The Morgan fingerprint density at radius 3 is 2.43 bits per heavy atom. The molecule has 0 fully saturated rings. The summed E-state index contributed by atoms with van der Waals surface area (Å²) in [5, 5.41) is 0. The topological polar surface area (TPSA) is 64.3 Å². The summed E-state index contributed by atoms with van der Waals surface area (Å²) in [6.07, 6.45) is 1.84. The van der Waals surface area contributed by atoms with Gasteiger partial charge >= 0.3 is 0 Å². The summed E-state index contributed by atoms with van der Waals surface area (Å²) in [6, 6.07) is 7.85. The van der Waals surface area contributed by atoms with E-state index in [0.29, 0.717) is 6.54 Å². The number of anilines is 2. The molecule has 2 rings (SSSR count). The molecule has 2 N–H and O–H groups in total. The van der Waals surface area contributed by atoms with Gasteiger partial charge in [-0.1, -0.05) is 13.8 Å². The SMILES string of the molecule is COc1ccc(N(C)c2cnc(C(C)C)nc2CN)cc1. The van der Waals surface area contributed by atoms with Crippen molar-refractivity contribution in [3.8, 4) is 5.75 Å². The lowest BCUT2D eigenvalue weighted by Crippen LogP contribution is -2.16. The molecule has 0 unspecified atom stereocenters. The van der Waals surface area contributed by atoms with Gasteiger partial charge in [0.25, 0.3) is 0 Å². The lowest BCUT2D eigenvalue weighted by atomic mass is 10.2. The predicted molar refractivity (Wildman–Crippen MR) is 85.1 cm³/mol. The van der Waals surface area contributed by atoms with Gasteiger partial charge in [0.15, 0.2) is 0 Å². The minimum Gasteiger partial charge on any atom is -0.497 e. The smallest absolute Gasteiger partial charge is 0.131 e. The van der Waals surface area contributed by atoms with Crippen LogP contribution in [0.15, 0.2) is 30.5 Å². The van der Waals surface area contributed by atoms with Crippen LogP contribution in [0.1, 0.15) is 31.3 Å². The van der Waals surface area contributed by atoms with Gasteiger partial charge in [0, 0.05) is 25.2 Å². The number of hydrogen-bond acceptors (Lipinski definition) is 5. The van der Waals surface area contributed by atoms with Crippen LogP contribution in [0.5, 0.6) is 5.75 Å². The number of nitrogens with zero attached hydrogens (tertiary/aromatic N) is 3. The molecule has 0 saturated carbocycles. The Bertz CT molecular complexity index is 596. The summed E-state index contributed by atoms with van der Waals surface area (Å²) in [5.74, 6) is 1.94. The summed E-state index contributed by atoms with van der Waals surface area (Å²) < 4.78 is 5.18. The Balaban J connectivity index is 2.35. The predicted octanol–water partition coefficient (Wildman–Crippen LogP) is 2.84. The Labute approximate surface area is 125 Å². The summed E-state index contributed by atoms with van der Waals surface area (Å²) in [6.45, 7) is 4.53. The molecule has 2 aromatic rings. The van der Waals surface area contributed by atoms with Gasteiger partial charge in [0.1, 0.15) is 11.6 Å². The molecule has 5 heteroatoms. The molecule has 0 aliphatic rings. The Morgan fingerprint density at radius 2 is 1.90 bits per heavy atom. The molecule has 0 atom stereocenters. The molecule has 0 radical (unpaired) electrons. The Morgan fingerprint density at radius 1 is 1.24 bits per heavy atom. The van der Waals surface area contributed by atoms with Gasteiger partial charge in [-0.15, -0.1) is 0 Å². The van der Waals surface area contributed by atoms with Crippen LogP contribution in [-0.4, -0.2) is 24.1 Å². The van der Waals surface area contributed by atoms with Crippen molar-refractivity contribution in [2.24, 2.45) is 5.73 Å². The second-order valence-corrected chi connectivity index (χ2v) is 5.18. The van der Waals surface area contributed by atoms with E-state index in [9.17, 15) is 0 Å². The first-order valence-electron chi connectivity index (χ1n) is 7.00. The van der Waals surface area contributed by atoms with Gasteiger partial charge in [-0.25, -0.2) is 9.97 Å². The number of hydrogen-bond donors (Lipinski definition) is 1. The van der Waals surface area contributed by atoms with Crippen molar-refractivity contribution in [3.63, 3.8) is 0 Å². The van der Waals surface area contributed by atoms with Gasteiger partial charge in [-0.2, -0.15) is 0 Å².